The van der Waals surface area contributed by atoms with Gasteiger partial charge in [0.2, 0.25) is 5.89 Å². The van der Waals surface area contributed by atoms with E-state index in [1.807, 2.05) is 0 Å². The molecule has 1 aliphatic carbocycles. The zero-order chi connectivity index (χ0) is 33.7. The Bertz CT molecular complexity index is 1760. The lowest BCUT2D eigenvalue weighted by Gasteiger charge is -2.17. The summed E-state index contributed by atoms with van der Waals surface area (Å²) < 4.78 is 60.7. The molecule has 3 N–H and O–H groups in total. The predicted molar refractivity (Wildman–Crippen MR) is 160 cm³/mol. The Labute approximate surface area is 266 Å². The van der Waals surface area contributed by atoms with Crippen LogP contribution in [-0.2, 0) is 11.3 Å². The van der Waals surface area contributed by atoms with Crippen LogP contribution in [0.25, 0.3) is 11.5 Å². The molecule has 47 heavy (non-hydrogen) atoms. The van der Waals surface area contributed by atoms with Gasteiger partial charge in [-0.1, -0.05) is 6.07 Å². The minimum atomic E-state index is -3.07. The highest BCUT2D eigenvalue weighted by Crippen LogP contribution is 2.37. The number of hydrogen-bond donors (Lipinski definition) is 2. The number of oxazole rings is 1. The van der Waals surface area contributed by atoms with Crippen LogP contribution in [0.5, 0.6) is 11.5 Å². The van der Waals surface area contributed by atoms with E-state index >= 15 is 0 Å². The van der Waals surface area contributed by atoms with Gasteiger partial charge in [-0.3, -0.25) is 9.59 Å². The van der Waals surface area contributed by atoms with E-state index in [1.165, 1.54) is 79.5 Å². The van der Waals surface area contributed by atoms with Crippen molar-refractivity contribution in [1.29, 1.82) is 0 Å². The molecule has 2 heterocycles. The number of primary amides is 1. The minimum absolute atomic E-state index is 0.0126. The zero-order valence-corrected chi connectivity index (χ0v) is 25.2. The van der Waals surface area contributed by atoms with Gasteiger partial charge in [-0.25, -0.2) is 19.2 Å². The number of benzene rings is 2. The second-order valence-corrected chi connectivity index (χ2v) is 10.6. The van der Waals surface area contributed by atoms with Gasteiger partial charge in [0.1, 0.15) is 22.9 Å². The largest absolute Gasteiger partial charge is 0.489 e. The lowest BCUT2D eigenvalue weighted by molar-refractivity contribution is -0.0515. The van der Waals surface area contributed by atoms with Crippen LogP contribution in [0.2, 0.25) is 0 Å². The van der Waals surface area contributed by atoms with Gasteiger partial charge < -0.3 is 34.6 Å². The number of ether oxygens (including phenoxy) is 3. The molecule has 0 bridgehead atoms. The number of carbonyl (C=O) groups is 3. The first-order valence-corrected chi connectivity index (χ1v) is 14.4. The number of halogens is 3. The fourth-order valence-corrected chi connectivity index (χ4v) is 4.49. The van der Waals surface area contributed by atoms with Crippen LogP contribution in [0.4, 0.5) is 23.7 Å². The summed E-state index contributed by atoms with van der Waals surface area (Å²) in [4.78, 5) is 47.5. The van der Waals surface area contributed by atoms with E-state index in [9.17, 15) is 27.6 Å². The first-order chi connectivity index (χ1) is 22.5. The molecule has 1 saturated carbocycles. The molecule has 246 valence electrons. The van der Waals surface area contributed by atoms with Crippen LogP contribution in [0.1, 0.15) is 58.3 Å². The van der Waals surface area contributed by atoms with Crippen molar-refractivity contribution in [2.45, 2.75) is 39.0 Å². The summed E-state index contributed by atoms with van der Waals surface area (Å²) in [5, 5.41) is 2.65. The molecule has 4 aromatic rings. The van der Waals surface area contributed by atoms with Crippen molar-refractivity contribution < 1.29 is 46.2 Å². The second-order valence-electron chi connectivity index (χ2n) is 10.6. The third kappa shape index (κ3) is 8.36. The lowest BCUT2D eigenvalue weighted by atomic mass is 10.2. The molecule has 12 nitrogen and oxygen atoms in total. The Morgan fingerprint density at radius 2 is 1.77 bits per heavy atom. The van der Waals surface area contributed by atoms with E-state index < -0.39 is 36.4 Å². The Morgan fingerprint density at radius 3 is 2.45 bits per heavy atom. The maximum absolute atomic E-state index is 13.3. The summed E-state index contributed by atoms with van der Waals surface area (Å²) in [6.07, 6.45) is -0.145. The Hall–Kier alpha value is -5.60. The number of nitrogens with one attached hydrogen (secondary N) is 1. The van der Waals surface area contributed by atoms with Gasteiger partial charge in [0.15, 0.2) is 23.4 Å². The maximum Gasteiger partial charge on any atom is 0.405 e. The molecule has 3 amide bonds. The van der Waals surface area contributed by atoms with E-state index in [1.54, 1.807) is 0 Å². The van der Waals surface area contributed by atoms with Crippen molar-refractivity contribution in [2.75, 3.05) is 18.6 Å². The Balaban J connectivity index is 1.36. The number of aromatic nitrogens is 2. The molecule has 0 spiro atoms. The van der Waals surface area contributed by atoms with Crippen LogP contribution >= 0.6 is 0 Å². The highest BCUT2D eigenvalue weighted by Gasteiger charge is 2.26. The molecule has 15 heteroatoms. The number of amides is 3. The third-order valence-corrected chi connectivity index (χ3v) is 7.10. The van der Waals surface area contributed by atoms with E-state index in [0.29, 0.717) is 23.8 Å². The van der Waals surface area contributed by atoms with Crippen molar-refractivity contribution in [3.05, 3.63) is 89.3 Å². The third-order valence-electron chi connectivity index (χ3n) is 7.10. The predicted octanol–water partition coefficient (Wildman–Crippen LogP) is 5.63. The van der Waals surface area contributed by atoms with Crippen LogP contribution in [0, 0.1) is 11.7 Å². The minimum Gasteiger partial charge on any atom is -0.489 e. The molecule has 0 saturated heterocycles. The number of carbonyl (C=O) groups excluding carboxylic acids is 3. The van der Waals surface area contributed by atoms with E-state index in [-0.39, 0.29) is 46.8 Å². The maximum atomic E-state index is 13.3. The van der Waals surface area contributed by atoms with Gasteiger partial charge >= 0.3 is 12.7 Å². The quantitative estimate of drug-likeness (QED) is 0.187. The molecule has 1 atom stereocenters. The van der Waals surface area contributed by atoms with E-state index in [0.717, 1.165) is 12.8 Å². The second kappa shape index (κ2) is 14.2. The van der Waals surface area contributed by atoms with Crippen LogP contribution < -0.4 is 25.4 Å². The molecule has 5 rings (SSSR count). The zero-order valence-electron chi connectivity index (χ0n) is 25.2. The topological polar surface area (TPSA) is 159 Å². The first-order valence-electron chi connectivity index (χ1n) is 14.4. The van der Waals surface area contributed by atoms with Crippen molar-refractivity contribution >= 4 is 23.6 Å². The number of rotatable bonds is 13. The van der Waals surface area contributed by atoms with Gasteiger partial charge in [-0.05, 0) is 80.3 Å². The molecule has 2 aromatic heterocycles. The fourth-order valence-electron chi connectivity index (χ4n) is 4.49. The average Bonchev–Trinajstić information content (AvgIpc) is 3.78. The highest BCUT2D eigenvalue weighted by atomic mass is 19.3. The van der Waals surface area contributed by atoms with Gasteiger partial charge in [0, 0.05) is 18.3 Å². The summed E-state index contributed by atoms with van der Waals surface area (Å²) in [7, 11) is 1.49. The lowest BCUT2D eigenvalue weighted by Crippen LogP contribution is -2.29. The van der Waals surface area contributed by atoms with Gasteiger partial charge in [-0.15, -0.1) is 0 Å². The van der Waals surface area contributed by atoms with E-state index in [4.69, 9.17) is 19.6 Å². The highest BCUT2D eigenvalue weighted by molar-refractivity contribution is 6.05. The average molecular weight is 654 g/mol. The van der Waals surface area contributed by atoms with Crippen molar-refractivity contribution in [3.8, 4) is 23.0 Å². The monoisotopic (exact) mass is 653 g/mol. The number of anilines is 1. The fraction of sp³-hybridized carbons (Fsp3) is 0.281. The smallest absolute Gasteiger partial charge is 0.405 e. The van der Waals surface area contributed by atoms with Crippen LogP contribution in [0.15, 0.2) is 65.1 Å². The van der Waals surface area contributed by atoms with E-state index in [2.05, 4.69) is 20.0 Å². The molecule has 1 fully saturated rings. The SMILES string of the molecule is CC(OC(N)=O)c1oc(-c2ccc(OC(F)F)c(OCC3CC3)c2)nc1CNC(=O)c1cccc(C(=O)N(C)c2ccc(F)cc2)n1. The van der Waals surface area contributed by atoms with Gasteiger partial charge in [0.25, 0.3) is 11.8 Å². The molecule has 1 unspecified atom stereocenters. The summed E-state index contributed by atoms with van der Waals surface area (Å²) in [5.74, 6) is -1.34. The normalized spacial score (nSPS) is 13.1. The summed E-state index contributed by atoms with van der Waals surface area (Å²) in [6, 6.07) is 13.8. The van der Waals surface area contributed by atoms with Gasteiger partial charge in [-0.2, -0.15) is 8.78 Å². The molecule has 1 aliphatic rings. The summed E-state index contributed by atoms with van der Waals surface area (Å²) >= 11 is 0. The van der Waals surface area contributed by atoms with Crippen molar-refractivity contribution in [1.82, 2.24) is 15.3 Å². The number of nitrogens with zero attached hydrogens (tertiary/aromatic N) is 3. The standard InChI is InChI=1S/C32H30F3N5O7/c1-17(45-32(36)43)27-24(39-29(47-27)19-8-13-25(46-31(34)35)26(14-19)44-16-18-6-7-18)15-37-28(41)22-4-3-5-23(38-22)30(42)40(2)21-11-9-20(33)10-12-21/h3-5,8-14,17-18,31H,6-7,15-16H2,1-2H3,(H2,36,43)(H,37,41). The molecule has 0 radical (unpaired) electrons. The summed E-state index contributed by atoms with van der Waals surface area (Å²) in [5.41, 5.74) is 6.01. The first kappa shape index (κ1) is 32.8. The number of nitrogens with two attached hydrogens (primary N) is 1. The van der Waals surface area contributed by atoms with Crippen LogP contribution in [0.3, 0.4) is 0 Å². The Morgan fingerprint density at radius 1 is 1.04 bits per heavy atom. The van der Waals surface area contributed by atoms with Gasteiger partial charge in [0.05, 0.1) is 13.2 Å². The number of alkyl halides is 2. The van der Waals surface area contributed by atoms with Crippen molar-refractivity contribution in [3.63, 3.8) is 0 Å². The molecule has 0 aliphatic heterocycles. The van der Waals surface area contributed by atoms with Crippen molar-refractivity contribution in [2.24, 2.45) is 11.7 Å². The number of hydrogen-bond acceptors (Lipinski definition) is 9. The Kier molecular flexibility index (Phi) is 9.92. The molecule has 2 aromatic carbocycles. The molecular weight excluding hydrogens is 623 g/mol. The number of pyridine rings is 1. The summed E-state index contributed by atoms with van der Waals surface area (Å²) in [6.45, 7) is -1.48. The molecular formula is C32H30F3N5O7. The van der Waals surface area contributed by atoms with Crippen LogP contribution in [-0.4, -0.2) is 48.1 Å².